The van der Waals surface area contributed by atoms with Crippen molar-refractivity contribution in [1.82, 2.24) is 9.88 Å². The van der Waals surface area contributed by atoms with Crippen molar-refractivity contribution in [3.63, 3.8) is 0 Å². The minimum atomic E-state index is -0.334. The lowest BCUT2D eigenvalue weighted by molar-refractivity contribution is -0.134. The topological polar surface area (TPSA) is 74.8 Å². The summed E-state index contributed by atoms with van der Waals surface area (Å²) in [5, 5.41) is 2.77. The molecule has 7 nitrogen and oxygen atoms in total. The maximum atomic E-state index is 12.5. The number of carbonyl (C=O) groups excluding carboxylic acids is 2. The van der Waals surface area contributed by atoms with Crippen LogP contribution >= 0.6 is 0 Å². The van der Waals surface area contributed by atoms with E-state index in [1.165, 1.54) is 0 Å². The molecule has 0 saturated carbocycles. The van der Waals surface area contributed by atoms with Crippen LogP contribution in [0.5, 0.6) is 5.75 Å². The summed E-state index contributed by atoms with van der Waals surface area (Å²) in [6, 6.07) is 13.0. The van der Waals surface area contributed by atoms with Gasteiger partial charge >= 0.3 is 0 Å². The molecule has 1 aliphatic heterocycles. The van der Waals surface area contributed by atoms with Gasteiger partial charge in [0.15, 0.2) is 0 Å². The molecule has 1 aromatic heterocycles. The Labute approximate surface area is 158 Å². The van der Waals surface area contributed by atoms with Crippen molar-refractivity contribution < 1.29 is 14.3 Å². The molecule has 1 fully saturated rings. The number of para-hydroxylation sites is 2. The highest BCUT2D eigenvalue weighted by Crippen LogP contribution is 2.23. The first-order chi connectivity index (χ1) is 13.2. The molecule has 0 bridgehead atoms. The van der Waals surface area contributed by atoms with Crippen LogP contribution < -0.4 is 15.0 Å². The molecule has 1 saturated heterocycles. The Bertz CT molecular complexity index is 774. The van der Waals surface area contributed by atoms with Gasteiger partial charge in [0.25, 0.3) is 0 Å². The molecule has 3 rings (SSSR count). The van der Waals surface area contributed by atoms with Gasteiger partial charge < -0.3 is 19.9 Å². The molecule has 1 aromatic carbocycles. The van der Waals surface area contributed by atoms with Crippen molar-refractivity contribution in [2.24, 2.45) is 0 Å². The van der Waals surface area contributed by atoms with E-state index in [4.69, 9.17) is 4.74 Å². The number of amides is 2. The summed E-state index contributed by atoms with van der Waals surface area (Å²) >= 11 is 0. The highest BCUT2D eigenvalue weighted by molar-refractivity contribution is 6.04. The van der Waals surface area contributed by atoms with Gasteiger partial charge in [-0.3, -0.25) is 9.59 Å². The number of nitrogens with zero attached hydrogens (tertiary/aromatic N) is 3. The SMILES string of the molecule is CCOc1ccccc1NC(=O)CC(=O)N1CCN(c2ccccn2)CC1. The highest BCUT2D eigenvalue weighted by atomic mass is 16.5. The predicted molar refractivity (Wildman–Crippen MR) is 104 cm³/mol. The van der Waals surface area contributed by atoms with E-state index < -0.39 is 0 Å². The van der Waals surface area contributed by atoms with Gasteiger partial charge in [-0.2, -0.15) is 0 Å². The maximum Gasteiger partial charge on any atom is 0.233 e. The number of ether oxygens (including phenoxy) is 1. The average Bonchev–Trinajstić information content (AvgIpc) is 2.70. The summed E-state index contributed by atoms with van der Waals surface area (Å²) in [5.74, 6) is 1.01. The van der Waals surface area contributed by atoms with Crippen LogP contribution in [0.2, 0.25) is 0 Å². The third-order valence-corrected chi connectivity index (χ3v) is 4.38. The monoisotopic (exact) mass is 368 g/mol. The summed E-state index contributed by atoms with van der Waals surface area (Å²) in [4.78, 5) is 32.9. The van der Waals surface area contributed by atoms with Crippen LogP contribution in [0.3, 0.4) is 0 Å². The maximum absolute atomic E-state index is 12.5. The van der Waals surface area contributed by atoms with Crippen LogP contribution in [0.1, 0.15) is 13.3 Å². The fourth-order valence-electron chi connectivity index (χ4n) is 3.02. The molecule has 1 N–H and O–H groups in total. The van der Waals surface area contributed by atoms with Gasteiger partial charge in [0.1, 0.15) is 18.0 Å². The van der Waals surface area contributed by atoms with Crippen molar-refractivity contribution in [2.75, 3.05) is 43.0 Å². The van der Waals surface area contributed by atoms with E-state index in [-0.39, 0.29) is 18.2 Å². The number of carbonyl (C=O) groups is 2. The molecule has 0 atom stereocenters. The number of piperazine rings is 1. The van der Waals surface area contributed by atoms with Crippen molar-refractivity contribution >= 4 is 23.3 Å². The third kappa shape index (κ3) is 4.97. The van der Waals surface area contributed by atoms with Crippen LogP contribution in [-0.2, 0) is 9.59 Å². The van der Waals surface area contributed by atoms with Crippen LogP contribution in [0.25, 0.3) is 0 Å². The number of pyridine rings is 1. The first-order valence-corrected chi connectivity index (χ1v) is 9.13. The Morgan fingerprint density at radius 2 is 1.81 bits per heavy atom. The number of benzene rings is 1. The lowest BCUT2D eigenvalue weighted by atomic mass is 10.2. The number of anilines is 2. The standard InChI is InChI=1S/C20H24N4O3/c1-2-27-17-8-4-3-7-16(17)22-19(25)15-20(26)24-13-11-23(12-14-24)18-9-5-6-10-21-18/h3-10H,2,11-15H2,1H3,(H,22,25). The molecule has 27 heavy (non-hydrogen) atoms. The lowest BCUT2D eigenvalue weighted by Gasteiger charge is -2.35. The number of hydrogen-bond donors (Lipinski definition) is 1. The van der Waals surface area contributed by atoms with Crippen LogP contribution in [0.15, 0.2) is 48.7 Å². The second kappa shape index (κ2) is 9.02. The third-order valence-electron chi connectivity index (χ3n) is 4.38. The van der Waals surface area contributed by atoms with E-state index in [9.17, 15) is 9.59 Å². The predicted octanol–water partition coefficient (Wildman–Crippen LogP) is 2.16. The fraction of sp³-hybridized carbons (Fsp3) is 0.350. The van der Waals surface area contributed by atoms with Gasteiger partial charge in [-0.05, 0) is 31.2 Å². The van der Waals surface area contributed by atoms with Gasteiger partial charge in [0.05, 0.1) is 12.3 Å². The number of nitrogens with one attached hydrogen (secondary N) is 1. The lowest BCUT2D eigenvalue weighted by Crippen LogP contribution is -2.49. The number of hydrogen-bond acceptors (Lipinski definition) is 5. The molecule has 0 aliphatic carbocycles. The largest absolute Gasteiger partial charge is 0.492 e. The Hall–Kier alpha value is -3.09. The van der Waals surface area contributed by atoms with Gasteiger partial charge in [0, 0.05) is 32.4 Å². The second-order valence-corrected chi connectivity index (χ2v) is 6.21. The van der Waals surface area contributed by atoms with E-state index >= 15 is 0 Å². The molecule has 0 spiro atoms. The van der Waals surface area contributed by atoms with Crippen LogP contribution in [0, 0.1) is 0 Å². The summed E-state index contributed by atoms with van der Waals surface area (Å²) in [6.07, 6.45) is 1.58. The zero-order chi connectivity index (χ0) is 19.1. The van der Waals surface area contributed by atoms with Gasteiger partial charge in [-0.15, -0.1) is 0 Å². The van der Waals surface area contributed by atoms with Gasteiger partial charge in [0.2, 0.25) is 11.8 Å². The quantitative estimate of drug-likeness (QED) is 0.791. The first-order valence-electron chi connectivity index (χ1n) is 9.13. The molecule has 0 radical (unpaired) electrons. The molecule has 2 heterocycles. The minimum absolute atomic E-state index is 0.165. The zero-order valence-electron chi connectivity index (χ0n) is 15.4. The van der Waals surface area contributed by atoms with Crippen LogP contribution in [0.4, 0.5) is 11.5 Å². The van der Waals surface area contributed by atoms with Crippen molar-refractivity contribution in [3.8, 4) is 5.75 Å². The smallest absolute Gasteiger partial charge is 0.233 e. The van der Waals surface area contributed by atoms with Crippen LogP contribution in [-0.4, -0.2) is 54.5 Å². The van der Waals surface area contributed by atoms with Gasteiger partial charge in [-0.1, -0.05) is 18.2 Å². The molecule has 2 aromatic rings. The first kappa shape index (κ1) is 18.7. The van der Waals surface area contributed by atoms with Gasteiger partial charge in [-0.25, -0.2) is 4.98 Å². The molecule has 142 valence electrons. The van der Waals surface area contributed by atoms with Crippen molar-refractivity contribution in [3.05, 3.63) is 48.7 Å². The van der Waals surface area contributed by atoms with Crippen molar-refractivity contribution in [1.29, 1.82) is 0 Å². The summed E-state index contributed by atoms with van der Waals surface area (Å²) < 4.78 is 5.49. The molecule has 2 amide bonds. The average molecular weight is 368 g/mol. The highest BCUT2D eigenvalue weighted by Gasteiger charge is 2.23. The van der Waals surface area contributed by atoms with E-state index in [2.05, 4.69) is 15.2 Å². The molecule has 0 unspecified atom stereocenters. The summed E-state index contributed by atoms with van der Waals surface area (Å²) in [5.41, 5.74) is 0.581. The second-order valence-electron chi connectivity index (χ2n) is 6.21. The Balaban J connectivity index is 1.50. The van der Waals surface area contributed by atoms with E-state index in [0.29, 0.717) is 44.2 Å². The summed E-state index contributed by atoms with van der Waals surface area (Å²) in [6.45, 7) is 4.96. The Morgan fingerprint density at radius 1 is 1.07 bits per heavy atom. The van der Waals surface area contributed by atoms with E-state index in [0.717, 1.165) is 5.82 Å². The minimum Gasteiger partial charge on any atom is -0.492 e. The van der Waals surface area contributed by atoms with Crippen molar-refractivity contribution in [2.45, 2.75) is 13.3 Å². The van der Waals surface area contributed by atoms with E-state index in [1.54, 1.807) is 23.2 Å². The Morgan fingerprint density at radius 3 is 2.52 bits per heavy atom. The number of rotatable bonds is 6. The fourth-order valence-corrected chi connectivity index (χ4v) is 3.02. The zero-order valence-corrected chi connectivity index (χ0v) is 15.4. The number of aromatic nitrogens is 1. The molecular weight excluding hydrogens is 344 g/mol. The molecular formula is C20H24N4O3. The molecule has 7 heteroatoms. The molecule has 1 aliphatic rings. The van der Waals surface area contributed by atoms with E-state index in [1.807, 2.05) is 37.3 Å². The normalized spacial score (nSPS) is 14.0. The Kier molecular flexibility index (Phi) is 6.25. The summed E-state index contributed by atoms with van der Waals surface area (Å²) in [7, 11) is 0.